The van der Waals surface area contributed by atoms with Gasteiger partial charge in [0.1, 0.15) is 0 Å². The van der Waals surface area contributed by atoms with E-state index < -0.39 is 62.3 Å². The molecule has 0 nitrogen and oxygen atoms in total. The zero-order valence-corrected chi connectivity index (χ0v) is 24.1. The summed E-state index contributed by atoms with van der Waals surface area (Å²) in [4.78, 5) is 0. The fourth-order valence-corrected chi connectivity index (χ4v) is 7.69. The maximum atomic E-state index is 14.0. The first kappa shape index (κ1) is 37.4. The molecule has 0 heterocycles. The van der Waals surface area contributed by atoms with Gasteiger partial charge >= 0.3 is 41.8 Å². The van der Waals surface area contributed by atoms with Gasteiger partial charge < -0.3 is 0 Å². The molecule has 18 heteroatoms. The minimum atomic E-state index is -7.85. The van der Waals surface area contributed by atoms with Crippen LogP contribution >= 0.6 is 33.2 Å². The van der Waals surface area contributed by atoms with E-state index in [1.54, 1.807) is 0 Å². The minimum absolute atomic E-state index is 0.284. The van der Waals surface area contributed by atoms with Crippen molar-refractivity contribution >= 4 is 47.3 Å². The summed E-state index contributed by atoms with van der Waals surface area (Å²) in [7, 11) is -2.78. The summed E-state index contributed by atoms with van der Waals surface area (Å²) in [5.74, 6) is -36.4. The van der Waals surface area contributed by atoms with Crippen molar-refractivity contribution in [1.82, 2.24) is 0 Å². The maximum absolute atomic E-state index is 14.0. The lowest BCUT2D eigenvalue weighted by atomic mass is 9.93. The first-order valence-electron chi connectivity index (χ1n) is 11.2. The van der Waals surface area contributed by atoms with Crippen molar-refractivity contribution in [2.24, 2.45) is 0 Å². The van der Waals surface area contributed by atoms with Gasteiger partial charge in [0.15, 0.2) is 0 Å². The molecule has 0 aliphatic heterocycles. The van der Waals surface area contributed by atoms with Crippen LogP contribution in [0.5, 0.6) is 0 Å². The first-order valence-corrected chi connectivity index (χ1v) is 19.8. The summed E-state index contributed by atoms with van der Waals surface area (Å²) in [6.45, 7) is 2.90. The van der Waals surface area contributed by atoms with Crippen LogP contribution in [0.4, 0.5) is 57.1 Å². The zero-order chi connectivity index (χ0) is 29.8. The summed E-state index contributed by atoms with van der Waals surface area (Å²) in [6, 6.07) is -2.64. The molecule has 0 aliphatic carbocycles. The molecule has 0 saturated carbocycles. The lowest BCUT2D eigenvalue weighted by Gasteiger charge is -2.40. The molecule has 0 radical (unpaired) electrons. The first-order chi connectivity index (χ1) is 16.2. The van der Waals surface area contributed by atoms with Crippen LogP contribution in [0.25, 0.3) is 0 Å². The maximum Gasteiger partial charge on any atom is 0.460 e. The van der Waals surface area contributed by atoms with Crippen LogP contribution in [0.3, 0.4) is 0 Å². The normalized spacial score (nSPS) is 15.4. The molecule has 0 amide bonds. The predicted molar refractivity (Wildman–Crippen MR) is 123 cm³/mol. The van der Waals surface area contributed by atoms with E-state index in [1.165, 1.54) is 13.1 Å². The number of halogens is 16. The molecule has 0 bridgehead atoms. The van der Waals surface area contributed by atoms with Gasteiger partial charge in [-0.15, -0.1) is 33.2 Å². The Balaban J connectivity index is 4.97. The van der Waals surface area contributed by atoms with E-state index in [0.717, 1.165) is 32.1 Å². The largest absolute Gasteiger partial charge is 0.460 e. The molecule has 37 heavy (non-hydrogen) atoms. The number of unbranched alkanes of at least 4 members (excludes halogenated alkanes) is 6. The van der Waals surface area contributed by atoms with Gasteiger partial charge in [-0.1, -0.05) is 70.1 Å². The highest BCUT2D eigenvalue weighted by molar-refractivity contribution is 7.64. The molecule has 0 spiro atoms. The lowest BCUT2D eigenvalue weighted by molar-refractivity contribution is -0.439. The van der Waals surface area contributed by atoms with Crippen molar-refractivity contribution in [1.29, 1.82) is 0 Å². The highest BCUT2D eigenvalue weighted by Gasteiger charge is 2.90. The van der Waals surface area contributed by atoms with E-state index in [1.807, 2.05) is 0 Å². The highest BCUT2D eigenvalue weighted by Crippen LogP contribution is 2.61. The third kappa shape index (κ3) is 9.77. The average Bonchev–Trinajstić information content (AvgIpc) is 2.69. The molecule has 0 rings (SSSR count). The molecular formula is C19H28Cl3F13Si2. The Morgan fingerprint density at radius 2 is 0.811 bits per heavy atom. The number of rotatable bonds is 17. The molecule has 0 aliphatic rings. The van der Waals surface area contributed by atoms with E-state index in [-0.39, 0.29) is 6.04 Å². The smallest absolute Gasteiger partial charge is 0.200 e. The highest BCUT2D eigenvalue weighted by atomic mass is 35.8. The molecule has 0 aromatic carbocycles. The Kier molecular flexibility index (Phi) is 13.1. The molecule has 0 aromatic rings. The van der Waals surface area contributed by atoms with Gasteiger partial charge in [-0.05, 0) is 6.04 Å². The van der Waals surface area contributed by atoms with Gasteiger partial charge in [-0.25, -0.2) is 0 Å². The number of hydrogen-bond donors (Lipinski definition) is 0. The zero-order valence-electron chi connectivity index (χ0n) is 19.8. The quantitative estimate of drug-likeness (QED) is 0.0628. The van der Waals surface area contributed by atoms with Crippen LogP contribution in [0.1, 0.15) is 51.4 Å². The summed E-state index contributed by atoms with van der Waals surface area (Å²) < 4.78 is 172. The second kappa shape index (κ2) is 12.9. The summed E-state index contributed by atoms with van der Waals surface area (Å²) in [5, 5.41) is 0. The third-order valence-corrected chi connectivity index (χ3v) is 11.9. The Hall–Kier alpha value is 0.394. The van der Waals surface area contributed by atoms with Crippen molar-refractivity contribution in [3.8, 4) is 0 Å². The van der Waals surface area contributed by atoms with Crippen LogP contribution in [-0.4, -0.2) is 49.9 Å². The summed E-state index contributed by atoms with van der Waals surface area (Å²) in [5.41, 5.74) is 0. The van der Waals surface area contributed by atoms with Gasteiger partial charge in [-0.2, -0.15) is 57.1 Å². The summed E-state index contributed by atoms with van der Waals surface area (Å²) in [6.07, 6.45) is -4.36. The van der Waals surface area contributed by atoms with Crippen LogP contribution in [-0.2, 0) is 0 Å². The molecule has 0 N–H and O–H groups in total. The van der Waals surface area contributed by atoms with E-state index >= 15 is 0 Å². The van der Waals surface area contributed by atoms with E-state index in [9.17, 15) is 57.1 Å². The van der Waals surface area contributed by atoms with Crippen LogP contribution in [0, 0.1) is 0 Å². The number of hydrogen-bond acceptors (Lipinski definition) is 0. The van der Waals surface area contributed by atoms with Crippen LogP contribution in [0.2, 0.25) is 31.2 Å². The second-order valence-electron chi connectivity index (χ2n) is 9.75. The van der Waals surface area contributed by atoms with Gasteiger partial charge in [-0.3, -0.25) is 0 Å². The van der Waals surface area contributed by atoms with Crippen molar-refractivity contribution in [2.75, 3.05) is 0 Å². The Labute approximate surface area is 222 Å². The van der Waals surface area contributed by atoms with E-state index in [0.29, 0.717) is 18.9 Å². The Morgan fingerprint density at radius 1 is 0.459 bits per heavy atom. The third-order valence-electron chi connectivity index (χ3n) is 5.93. The standard InChI is InChI=1S/C19H28Cl3F13Si2/c1-36(2,11-8-6-4-3-5-7-9-12-37(20,21)22)13-10-14(23,24)15(25,26)16(27,28)17(29,30)18(31,32)19(33,34)35/h3-13H2,1-2H3. The molecule has 0 atom stereocenters. The second-order valence-corrected chi connectivity index (χ2v) is 24.4. The van der Waals surface area contributed by atoms with Crippen LogP contribution < -0.4 is 0 Å². The SMILES string of the molecule is C[Si](C)(CCCCCCCCC[Si](Cl)(Cl)Cl)CCC(F)(F)C(F)(F)C(F)(F)C(F)(F)C(F)(F)C(F)(F)F. The average molecular weight is 666 g/mol. The Morgan fingerprint density at radius 3 is 1.19 bits per heavy atom. The van der Waals surface area contributed by atoms with Gasteiger partial charge in [0.2, 0.25) is 0 Å². The summed E-state index contributed by atoms with van der Waals surface area (Å²) >= 11 is 17.3. The van der Waals surface area contributed by atoms with Crippen molar-refractivity contribution in [2.45, 2.75) is 118 Å². The lowest BCUT2D eigenvalue weighted by Crippen LogP contribution is -2.70. The fraction of sp³-hybridized carbons (Fsp3) is 1.00. The van der Waals surface area contributed by atoms with Crippen LogP contribution in [0.15, 0.2) is 0 Å². The van der Waals surface area contributed by atoms with E-state index in [4.69, 9.17) is 33.2 Å². The monoisotopic (exact) mass is 664 g/mol. The predicted octanol–water partition coefficient (Wildman–Crippen LogP) is 11.2. The van der Waals surface area contributed by atoms with E-state index in [2.05, 4.69) is 0 Å². The topological polar surface area (TPSA) is 0 Å². The van der Waals surface area contributed by atoms with Crippen molar-refractivity contribution in [3.05, 3.63) is 0 Å². The van der Waals surface area contributed by atoms with Crippen molar-refractivity contribution in [3.63, 3.8) is 0 Å². The molecular weight excluding hydrogens is 638 g/mol. The molecule has 0 fully saturated rings. The molecule has 0 aromatic heterocycles. The molecule has 0 unspecified atom stereocenters. The number of alkyl halides is 13. The van der Waals surface area contributed by atoms with Gasteiger partial charge in [0, 0.05) is 14.5 Å². The van der Waals surface area contributed by atoms with Crippen molar-refractivity contribution < 1.29 is 57.1 Å². The van der Waals surface area contributed by atoms with Gasteiger partial charge in [0.05, 0.1) is 0 Å². The fourth-order valence-electron chi connectivity index (χ4n) is 3.39. The van der Waals surface area contributed by atoms with Gasteiger partial charge in [0.25, 0.3) is 0 Å². The molecule has 224 valence electrons. The molecule has 0 saturated heterocycles. The minimum Gasteiger partial charge on any atom is -0.200 e. The Bertz CT molecular complexity index is 708.